The predicted octanol–water partition coefficient (Wildman–Crippen LogP) is 3.12. The fourth-order valence-corrected chi connectivity index (χ4v) is 1.62. The number of H-pyrrole nitrogens is 1. The molecular formula is C9H5BrF2N2. The normalized spacial score (nSPS) is 10.5. The molecule has 14 heavy (non-hydrogen) atoms. The number of hydrogen-bond acceptors (Lipinski definition) is 1. The molecule has 72 valence electrons. The molecule has 0 aliphatic rings. The van der Waals surface area contributed by atoms with Crippen LogP contribution in [0.15, 0.2) is 29.0 Å². The number of imidazole rings is 1. The van der Waals surface area contributed by atoms with Crippen molar-refractivity contribution in [3.8, 4) is 11.4 Å². The van der Waals surface area contributed by atoms with E-state index in [0.29, 0.717) is 15.9 Å². The van der Waals surface area contributed by atoms with Gasteiger partial charge in [0.05, 0.1) is 0 Å². The summed E-state index contributed by atoms with van der Waals surface area (Å²) in [6.45, 7) is 0. The summed E-state index contributed by atoms with van der Waals surface area (Å²) in [6.07, 6.45) is 3.16. The SMILES string of the molecule is Fc1cc(Br)c(-c2ncc[nH]2)cc1F. The fourth-order valence-electron chi connectivity index (χ4n) is 1.12. The molecule has 0 atom stereocenters. The largest absolute Gasteiger partial charge is 0.345 e. The zero-order valence-electron chi connectivity index (χ0n) is 6.89. The van der Waals surface area contributed by atoms with Crippen LogP contribution >= 0.6 is 15.9 Å². The van der Waals surface area contributed by atoms with Gasteiger partial charge >= 0.3 is 0 Å². The first-order chi connectivity index (χ1) is 6.68. The van der Waals surface area contributed by atoms with Crippen molar-refractivity contribution in [2.75, 3.05) is 0 Å². The van der Waals surface area contributed by atoms with Gasteiger partial charge in [-0.15, -0.1) is 0 Å². The van der Waals surface area contributed by atoms with Crippen molar-refractivity contribution in [2.45, 2.75) is 0 Å². The number of benzene rings is 1. The number of nitrogens with zero attached hydrogens (tertiary/aromatic N) is 1. The van der Waals surface area contributed by atoms with Gasteiger partial charge in [-0.1, -0.05) is 0 Å². The van der Waals surface area contributed by atoms with Crippen LogP contribution in [0.2, 0.25) is 0 Å². The highest BCUT2D eigenvalue weighted by molar-refractivity contribution is 9.10. The van der Waals surface area contributed by atoms with E-state index in [9.17, 15) is 8.78 Å². The van der Waals surface area contributed by atoms with Crippen molar-refractivity contribution in [3.63, 3.8) is 0 Å². The lowest BCUT2D eigenvalue weighted by Gasteiger charge is -2.01. The molecular weight excluding hydrogens is 254 g/mol. The van der Waals surface area contributed by atoms with Gasteiger partial charge < -0.3 is 4.98 Å². The van der Waals surface area contributed by atoms with Crippen molar-refractivity contribution in [2.24, 2.45) is 0 Å². The van der Waals surface area contributed by atoms with Crippen LogP contribution in [0.25, 0.3) is 11.4 Å². The van der Waals surface area contributed by atoms with E-state index < -0.39 is 11.6 Å². The number of aromatic amines is 1. The average molecular weight is 259 g/mol. The monoisotopic (exact) mass is 258 g/mol. The van der Waals surface area contributed by atoms with Crippen molar-refractivity contribution in [1.82, 2.24) is 9.97 Å². The third kappa shape index (κ3) is 1.55. The van der Waals surface area contributed by atoms with E-state index in [4.69, 9.17) is 0 Å². The van der Waals surface area contributed by atoms with Gasteiger partial charge in [-0.05, 0) is 28.1 Å². The highest BCUT2D eigenvalue weighted by Gasteiger charge is 2.10. The number of rotatable bonds is 1. The Balaban J connectivity index is 2.60. The Morgan fingerprint density at radius 3 is 2.57 bits per heavy atom. The third-order valence-corrected chi connectivity index (χ3v) is 2.42. The topological polar surface area (TPSA) is 28.7 Å². The molecule has 1 N–H and O–H groups in total. The highest BCUT2D eigenvalue weighted by atomic mass is 79.9. The molecule has 0 aliphatic heterocycles. The number of aromatic nitrogens is 2. The van der Waals surface area contributed by atoms with Crippen LogP contribution in [0.1, 0.15) is 0 Å². The summed E-state index contributed by atoms with van der Waals surface area (Å²) in [6, 6.07) is 2.17. The first kappa shape index (κ1) is 9.33. The summed E-state index contributed by atoms with van der Waals surface area (Å²) in [4.78, 5) is 6.75. The van der Waals surface area contributed by atoms with Crippen molar-refractivity contribution in [3.05, 3.63) is 40.6 Å². The van der Waals surface area contributed by atoms with Gasteiger partial charge in [0.15, 0.2) is 11.6 Å². The van der Waals surface area contributed by atoms with Gasteiger partial charge in [-0.3, -0.25) is 0 Å². The van der Waals surface area contributed by atoms with Crippen LogP contribution in [-0.4, -0.2) is 9.97 Å². The average Bonchev–Trinajstić information content (AvgIpc) is 2.64. The summed E-state index contributed by atoms with van der Waals surface area (Å²) in [5.74, 6) is -1.28. The highest BCUT2D eigenvalue weighted by Crippen LogP contribution is 2.27. The minimum Gasteiger partial charge on any atom is -0.345 e. The maximum atomic E-state index is 12.9. The van der Waals surface area contributed by atoms with E-state index in [1.165, 1.54) is 0 Å². The molecule has 5 heteroatoms. The second-order valence-electron chi connectivity index (χ2n) is 2.68. The van der Waals surface area contributed by atoms with E-state index in [1.807, 2.05) is 0 Å². The minimum absolute atomic E-state index is 0.464. The first-order valence-corrected chi connectivity index (χ1v) is 4.62. The van der Waals surface area contributed by atoms with Crippen LogP contribution in [0, 0.1) is 11.6 Å². The lowest BCUT2D eigenvalue weighted by molar-refractivity contribution is 0.508. The molecule has 1 aromatic heterocycles. The van der Waals surface area contributed by atoms with Gasteiger partial charge in [-0.2, -0.15) is 0 Å². The molecule has 0 aliphatic carbocycles. The lowest BCUT2D eigenvalue weighted by atomic mass is 10.2. The Hall–Kier alpha value is -1.23. The van der Waals surface area contributed by atoms with Gasteiger partial charge in [0.25, 0.3) is 0 Å². The molecule has 2 rings (SSSR count). The second kappa shape index (κ2) is 3.49. The van der Waals surface area contributed by atoms with Gasteiger partial charge in [0.1, 0.15) is 5.82 Å². The molecule has 0 amide bonds. The summed E-state index contributed by atoms with van der Waals surface area (Å²) < 4.78 is 26.1. The molecule has 2 nitrogen and oxygen atoms in total. The Morgan fingerprint density at radius 2 is 1.93 bits per heavy atom. The number of halogens is 3. The van der Waals surface area contributed by atoms with Gasteiger partial charge in [0, 0.05) is 22.4 Å². The van der Waals surface area contributed by atoms with Crippen molar-refractivity contribution in [1.29, 1.82) is 0 Å². The zero-order valence-corrected chi connectivity index (χ0v) is 8.48. The molecule has 0 unspecified atom stereocenters. The maximum Gasteiger partial charge on any atom is 0.159 e. The molecule has 0 saturated heterocycles. The van der Waals surface area contributed by atoms with Crippen LogP contribution in [-0.2, 0) is 0 Å². The molecule has 1 aromatic carbocycles. The molecule has 1 heterocycles. The Morgan fingerprint density at radius 1 is 1.21 bits per heavy atom. The van der Waals surface area contributed by atoms with E-state index in [2.05, 4.69) is 25.9 Å². The van der Waals surface area contributed by atoms with Gasteiger partial charge in [0.2, 0.25) is 0 Å². The van der Waals surface area contributed by atoms with E-state index >= 15 is 0 Å². The molecule has 0 spiro atoms. The number of nitrogens with one attached hydrogen (secondary N) is 1. The Kier molecular flexibility index (Phi) is 2.33. The van der Waals surface area contributed by atoms with Gasteiger partial charge in [-0.25, -0.2) is 13.8 Å². The third-order valence-electron chi connectivity index (χ3n) is 1.76. The predicted molar refractivity (Wildman–Crippen MR) is 51.6 cm³/mol. The standard InChI is InChI=1S/C9H5BrF2N2/c10-6-4-8(12)7(11)3-5(6)9-13-1-2-14-9/h1-4H,(H,13,14). The van der Waals surface area contributed by atoms with Crippen molar-refractivity contribution >= 4 is 15.9 Å². The number of hydrogen-bond donors (Lipinski definition) is 1. The van der Waals surface area contributed by atoms with E-state index in [0.717, 1.165) is 12.1 Å². The van der Waals surface area contributed by atoms with E-state index in [1.54, 1.807) is 12.4 Å². The maximum absolute atomic E-state index is 12.9. The summed E-state index contributed by atoms with van der Waals surface area (Å²) >= 11 is 3.14. The quantitative estimate of drug-likeness (QED) is 0.783. The molecule has 0 bridgehead atoms. The first-order valence-electron chi connectivity index (χ1n) is 3.83. The van der Waals surface area contributed by atoms with Crippen LogP contribution in [0.5, 0.6) is 0 Å². The van der Waals surface area contributed by atoms with Crippen molar-refractivity contribution < 1.29 is 8.78 Å². The smallest absolute Gasteiger partial charge is 0.159 e. The molecule has 0 fully saturated rings. The molecule has 2 aromatic rings. The fraction of sp³-hybridized carbons (Fsp3) is 0. The zero-order chi connectivity index (χ0) is 10.1. The summed E-state index contributed by atoms with van der Waals surface area (Å²) in [5.41, 5.74) is 0.494. The van der Waals surface area contributed by atoms with Crippen LogP contribution in [0.3, 0.4) is 0 Å². The van der Waals surface area contributed by atoms with Crippen LogP contribution < -0.4 is 0 Å². The lowest BCUT2D eigenvalue weighted by Crippen LogP contribution is -1.89. The minimum atomic E-state index is -0.889. The second-order valence-corrected chi connectivity index (χ2v) is 3.54. The Bertz CT molecular complexity index is 454. The van der Waals surface area contributed by atoms with E-state index in [-0.39, 0.29) is 0 Å². The summed E-state index contributed by atoms with van der Waals surface area (Å²) in [7, 11) is 0. The molecule has 0 radical (unpaired) electrons. The summed E-state index contributed by atoms with van der Waals surface area (Å²) in [5, 5.41) is 0. The molecule has 0 saturated carbocycles. The van der Waals surface area contributed by atoms with Crippen LogP contribution in [0.4, 0.5) is 8.78 Å². The Labute approximate surface area is 87.1 Å².